The Labute approximate surface area is 81.9 Å². The van der Waals surface area contributed by atoms with Crippen molar-refractivity contribution in [3.63, 3.8) is 0 Å². The first-order valence-electron chi connectivity index (χ1n) is 4.28. The molecule has 0 fully saturated rings. The normalized spacial score (nSPS) is 14.1. The molecule has 2 nitrogen and oxygen atoms in total. The zero-order valence-corrected chi connectivity index (χ0v) is 9.10. The number of hydrogen-bond donors (Lipinski definition) is 0. The lowest BCUT2D eigenvalue weighted by Crippen LogP contribution is -2.23. The fourth-order valence-corrected chi connectivity index (χ4v) is 1.71. The SMILES string of the molecule is CC(C)(C)[S@@](=O)Cc1ccccn1. The van der Waals surface area contributed by atoms with Gasteiger partial charge in [0, 0.05) is 21.7 Å². The fourth-order valence-electron chi connectivity index (χ4n) is 0.834. The summed E-state index contributed by atoms with van der Waals surface area (Å²) in [5.74, 6) is 0.546. The van der Waals surface area contributed by atoms with Gasteiger partial charge in [0.05, 0.1) is 11.4 Å². The molecule has 0 aliphatic carbocycles. The first kappa shape index (κ1) is 10.4. The lowest BCUT2D eigenvalue weighted by Gasteiger charge is -2.16. The van der Waals surface area contributed by atoms with E-state index in [0.29, 0.717) is 5.75 Å². The summed E-state index contributed by atoms with van der Waals surface area (Å²) < 4.78 is 11.5. The van der Waals surface area contributed by atoms with Crippen LogP contribution in [0.1, 0.15) is 26.5 Å². The van der Waals surface area contributed by atoms with Crippen molar-refractivity contribution in [2.75, 3.05) is 0 Å². The van der Waals surface area contributed by atoms with Crippen molar-refractivity contribution in [1.82, 2.24) is 4.98 Å². The smallest absolute Gasteiger partial charge is 0.0664 e. The maximum atomic E-state index is 11.7. The minimum Gasteiger partial charge on any atom is -0.260 e. The van der Waals surface area contributed by atoms with E-state index in [9.17, 15) is 4.21 Å². The number of hydrogen-bond acceptors (Lipinski definition) is 2. The summed E-state index contributed by atoms with van der Waals surface area (Å²) in [4.78, 5) is 4.14. The lowest BCUT2D eigenvalue weighted by atomic mass is 10.3. The highest BCUT2D eigenvalue weighted by Crippen LogP contribution is 2.14. The van der Waals surface area contributed by atoms with E-state index in [0.717, 1.165) is 5.69 Å². The molecule has 0 unspecified atom stereocenters. The number of pyridine rings is 1. The third-order valence-electron chi connectivity index (χ3n) is 1.69. The summed E-state index contributed by atoms with van der Waals surface area (Å²) in [6, 6.07) is 5.69. The summed E-state index contributed by atoms with van der Waals surface area (Å²) >= 11 is 0. The van der Waals surface area contributed by atoms with Gasteiger partial charge < -0.3 is 0 Å². The molecule has 0 spiro atoms. The zero-order valence-electron chi connectivity index (χ0n) is 8.28. The van der Waals surface area contributed by atoms with Crippen LogP contribution < -0.4 is 0 Å². The minimum absolute atomic E-state index is 0.155. The first-order valence-corrected chi connectivity index (χ1v) is 5.60. The molecule has 13 heavy (non-hydrogen) atoms. The minimum atomic E-state index is -0.851. The Morgan fingerprint density at radius 1 is 1.38 bits per heavy atom. The van der Waals surface area contributed by atoms with Gasteiger partial charge in [-0.05, 0) is 32.9 Å². The van der Waals surface area contributed by atoms with E-state index in [-0.39, 0.29) is 4.75 Å². The summed E-state index contributed by atoms with van der Waals surface area (Å²) in [7, 11) is -0.851. The molecule has 72 valence electrons. The Hall–Kier alpha value is -0.700. The Balaban J connectivity index is 2.66. The van der Waals surface area contributed by atoms with Gasteiger partial charge in [0.2, 0.25) is 0 Å². The summed E-state index contributed by atoms with van der Waals surface area (Å²) in [6.45, 7) is 5.93. The van der Waals surface area contributed by atoms with Crippen LogP contribution in [0.25, 0.3) is 0 Å². The van der Waals surface area contributed by atoms with E-state index in [1.165, 1.54) is 0 Å². The highest BCUT2D eigenvalue weighted by molar-refractivity contribution is 7.85. The number of aromatic nitrogens is 1. The average Bonchev–Trinajstić information content (AvgIpc) is 2.04. The van der Waals surface area contributed by atoms with E-state index >= 15 is 0 Å². The third-order valence-corrected chi connectivity index (χ3v) is 3.61. The molecule has 1 aromatic rings. The molecule has 0 radical (unpaired) electrons. The van der Waals surface area contributed by atoms with Gasteiger partial charge in [-0.2, -0.15) is 0 Å². The number of nitrogens with zero attached hydrogens (tertiary/aromatic N) is 1. The maximum Gasteiger partial charge on any atom is 0.0664 e. The average molecular weight is 197 g/mol. The van der Waals surface area contributed by atoms with Gasteiger partial charge in [-0.1, -0.05) is 6.07 Å². The monoisotopic (exact) mass is 197 g/mol. The molecule has 0 N–H and O–H groups in total. The molecule has 0 saturated heterocycles. The quantitative estimate of drug-likeness (QED) is 0.727. The molecule has 1 aromatic heterocycles. The van der Waals surface area contributed by atoms with Gasteiger partial charge in [0.25, 0.3) is 0 Å². The van der Waals surface area contributed by atoms with Crippen LogP contribution in [-0.2, 0) is 16.6 Å². The predicted molar refractivity (Wildman–Crippen MR) is 55.8 cm³/mol. The van der Waals surface area contributed by atoms with Crippen molar-refractivity contribution in [1.29, 1.82) is 0 Å². The Kier molecular flexibility index (Phi) is 3.20. The maximum absolute atomic E-state index is 11.7. The highest BCUT2D eigenvalue weighted by atomic mass is 32.2. The van der Waals surface area contributed by atoms with E-state index in [2.05, 4.69) is 4.98 Å². The van der Waals surface area contributed by atoms with Crippen LogP contribution in [0.4, 0.5) is 0 Å². The second kappa shape index (κ2) is 4.01. The molecule has 1 rings (SSSR count). The standard InChI is InChI=1S/C10H15NOS/c1-10(2,3)13(12)8-9-6-4-5-7-11-9/h4-7H,8H2,1-3H3/t13-/m0/s1. The van der Waals surface area contributed by atoms with Gasteiger partial charge in [-0.25, -0.2) is 0 Å². The van der Waals surface area contributed by atoms with Gasteiger partial charge in [-0.3, -0.25) is 9.19 Å². The van der Waals surface area contributed by atoms with Crippen LogP contribution in [0.2, 0.25) is 0 Å². The second-order valence-electron chi connectivity index (χ2n) is 3.92. The van der Waals surface area contributed by atoms with Crippen molar-refractivity contribution in [2.24, 2.45) is 0 Å². The second-order valence-corrected chi connectivity index (χ2v) is 6.13. The molecule has 1 atom stereocenters. The molecule has 0 aliphatic heterocycles. The van der Waals surface area contributed by atoms with Gasteiger partial charge in [-0.15, -0.1) is 0 Å². The third kappa shape index (κ3) is 3.27. The van der Waals surface area contributed by atoms with Crippen molar-refractivity contribution in [3.8, 4) is 0 Å². The van der Waals surface area contributed by atoms with Gasteiger partial charge >= 0.3 is 0 Å². The van der Waals surface area contributed by atoms with Crippen molar-refractivity contribution in [2.45, 2.75) is 31.3 Å². The molecular formula is C10H15NOS. The highest BCUT2D eigenvalue weighted by Gasteiger charge is 2.19. The Bertz CT molecular complexity index is 290. The predicted octanol–water partition coefficient (Wildman–Crippen LogP) is 2.13. The summed E-state index contributed by atoms with van der Waals surface area (Å²) in [6.07, 6.45) is 1.73. The number of rotatable bonds is 2. The van der Waals surface area contributed by atoms with E-state index < -0.39 is 10.8 Å². The first-order chi connectivity index (χ1) is 6.00. The van der Waals surface area contributed by atoms with Crippen molar-refractivity contribution in [3.05, 3.63) is 30.1 Å². The Morgan fingerprint density at radius 2 is 2.08 bits per heavy atom. The van der Waals surface area contributed by atoms with E-state index in [1.54, 1.807) is 6.20 Å². The molecular weight excluding hydrogens is 182 g/mol. The van der Waals surface area contributed by atoms with Crippen molar-refractivity contribution < 1.29 is 4.21 Å². The topological polar surface area (TPSA) is 30.0 Å². The van der Waals surface area contributed by atoms with E-state index in [4.69, 9.17) is 0 Å². The Morgan fingerprint density at radius 3 is 2.54 bits per heavy atom. The van der Waals surface area contributed by atoms with Gasteiger partial charge in [0.1, 0.15) is 0 Å². The largest absolute Gasteiger partial charge is 0.260 e. The molecule has 0 bridgehead atoms. The molecule has 0 saturated carbocycles. The van der Waals surface area contributed by atoms with Crippen LogP contribution in [0.15, 0.2) is 24.4 Å². The molecule has 1 heterocycles. The molecule has 0 aliphatic rings. The van der Waals surface area contributed by atoms with Crippen LogP contribution >= 0.6 is 0 Å². The van der Waals surface area contributed by atoms with Crippen LogP contribution in [0, 0.1) is 0 Å². The molecule has 0 aromatic carbocycles. The van der Waals surface area contributed by atoms with Crippen molar-refractivity contribution >= 4 is 10.8 Å². The summed E-state index contributed by atoms with van der Waals surface area (Å²) in [5.41, 5.74) is 0.899. The molecule has 0 amide bonds. The zero-order chi connectivity index (χ0) is 9.90. The molecule has 3 heteroatoms. The van der Waals surface area contributed by atoms with Crippen LogP contribution in [-0.4, -0.2) is 13.9 Å². The summed E-state index contributed by atoms with van der Waals surface area (Å²) in [5, 5.41) is 0. The lowest BCUT2D eigenvalue weighted by molar-refractivity contribution is 0.647. The van der Waals surface area contributed by atoms with E-state index in [1.807, 2.05) is 39.0 Å². The van der Waals surface area contributed by atoms with Crippen LogP contribution in [0.3, 0.4) is 0 Å². The van der Waals surface area contributed by atoms with Crippen LogP contribution in [0.5, 0.6) is 0 Å². The fraction of sp³-hybridized carbons (Fsp3) is 0.500. The van der Waals surface area contributed by atoms with Gasteiger partial charge in [0.15, 0.2) is 0 Å².